The molecule has 5 nitrogen and oxygen atoms in total. The van der Waals surface area contributed by atoms with Gasteiger partial charge in [0.1, 0.15) is 5.01 Å². The van der Waals surface area contributed by atoms with E-state index in [1.54, 1.807) is 0 Å². The minimum absolute atomic E-state index is 0.0788. The number of hydrogen-bond donors (Lipinski definition) is 1. The minimum Gasteiger partial charge on any atom is -0.455 e. The van der Waals surface area contributed by atoms with E-state index in [2.05, 4.69) is 23.3 Å². The highest BCUT2D eigenvalue weighted by molar-refractivity contribution is 7.13. The second kappa shape index (κ2) is 9.13. The quantitative estimate of drug-likeness (QED) is 0.765. The summed E-state index contributed by atoms with van der Waals surface area (Å²) in [6.45, 7) is 3.97. The molecule has 6 heteroatoms. The molecule has 0 saturated heterocycles. The van der Waals surface area contributed by atoms with Crippen LogP contribution in [0.2, 0.25) is 0 Å². The van der Waals surface area contributed by atoms with Crippen molar-refractivity contribution in [3.05, 3.63) is 40.9 Å². The van der Waals surface area contributed by atoms with Gasteiger partial charge in [-0.2, -0.15) is 0 Å². The lowest BCUT2D eigenvalue weighted by atomic mass is 9.86. The van der Waals surface area contributed by atoms with Crippen LogP contribution in [0.15, 0.2) is 29.6 Å². The van der Waals surface area contributed by atoms with Crippen molar-refractivity contribution < 1.29 is 14.3 Å². The number of ether oxygens (including phenoxy) is 1. The monoisotopic (exact) mass is 386 g/mol. The van der Waals surface area contributed by atoms with Crippen molar-refractivity contribution in [1.82, 2.24) is 10.3 Å². The number of nitrogens with zero attached hydrogens (tertiary/aromatic N) is 1. The molecule has 0 radical (unpaired) electrons. The van der Waals surface area contributed by atoms with Crippen LogP contribution in [0.5, 0.6) is 0 Å². The minimum atomic E-state index is -0.428. The molecule has 1 amide bonds. The van der Waals surface area contributed by atoms with E-state index in [1.165, 1.54) is 23.3 Å². The average Bonchev–Trinajstić information content (AvgIpc) is 3.10. The fourth-order valence-electron chi connectivity index (χ4n) is 3.42. The highest BCUT2D eigenvalue weighted by Crippen LogP contribution is 2.25. The lowest BCUT2D eigenvalue weighted by molar-refractivity contribution is -0.148. The normalized spacial score (nSPS) is 19.5. The largest absolute Gasteiger partial charge is 0.455 e. The summed E-state index contributed by atoms with van der Waals surface area (Å²) in [5.74, 6) is -0.169. The molecule has 1 aliphatic carbocycles. The van der Waals surface area contributed by atoms with Crippen molar-refractivity contribution in [2.75, 3.05) is 6.61 Å². The molecular weight excluding hydrogens is 360 g/mol. The van der Waals surface area contributed by atoms with Gasteiger partial charge < -0.3 is 10.1 Å². The first kappa shape index (κ1) is 19.5. The Balaban J connectivity index is 1.46. The molecule has 1 N–H and O–H groups in total. The standard InChI is InChI=1S/C21H26N2O3S/c1-14-6-5-8-16(10-14)21-22-17(13-27-21)11-20(25)26-12-19(24)23-18-9-4-3-7-15(18)2/h5-6,8,10,13,15,18H,3-4,7,9,11-12H2,1-2H3,(H,23,24)/t15-,18+/m0/s1. The number of aryl methyl sites for hydroxylation is 1. The first-order chi connectivity index (χ1) is 13.0. The van der Waals surface area contributed by atoms with Gasteiger partial charge in [-0.15, -0.1) is 11.3 Å². The summed E-state index contributed by atoms with van der Waals surface area (Å²) >= 11 is 1.50. The molecule has 0 aliphatic heterocycles. The summed E-state index contributed by atoms with van der Waals surface area (Å²) < 4.78 is 5.13. The number of thiazole rings is 1. The molecule has 0 spiro atoms. The predicted octanol–water partition coefficient (Wildman–Crippen LogP) is 3.90. The van der Waals surface area contributed by atoms with Crippen LogP contribution in [-0.4, -0.2) is 29.5 Å². The van der Waals surface area contributed by atoms with E-state index in [1.807, 2.05) is 30.5 Å². The zero-order valence-electron chi connectivity index (χ0n) is 15.9. The molecular formula is C21H26N2O3S. The van der Waals surface area contributed by atoms with Crippen molar-refractivity contribution >= 4 is 23.2 Å². The predicted molar refractivity (Wildman–Crippen MR) is 107 cm³/mol. The van der Waals surface area contributed by atoms with E-state index in [-0.39, 0.29) is 25.0 Å². The van der Waals surface area contributed by atoms with Crippen LogP contribution in [0.1, 0.15) is 43.9 Å². The van der Waals surface area contributed by atoms with Crippen LogP contribution >= 0.6 is 11.3 Å². The highest BCUT2D eigenvalue weighted by Gasteiger charge is 2.23. The number of aromatic nitrogens is 1. The van der Waals surface area contributed by atoms with E-state index in [4.69, 9.17) is 4.74 Å². The van der Waals surface area contributed by atoms with E-state index in [0.29, 0.717) is 11.6 Å². The van der Waals surface area contributed by atoms with E-state index < -0.39 is 5.97 Å². The number of carbonyl (C=O) groups excluding carboxylic acids is 2. The van der Waals surface area contributed by atoms with Crippen LogP contribution in [-0.2, 0) is 20.7 Å². The molecule has 1 aliphatic rings. The second-order valence-electron chi connectivity index (χ2n) is 7.29. The molecule has 1 aromatic heterocycles. The molecule has 1 saturated carbocycles. The van der Waals surface area contributed by atoms with Crippen LogP contribution in [0.3, 0.4) is 0 Å². The number of nitrogens with one attached hydrogen (secondary N) is 1. The third-order valence-corrected chi connectivity index (χ3v) is 5.90. The van der Waals surface area contributed by atoms with Crippen LogP contribution < -0.4 is 5.32 Å². The highest BCUT2D eigenvalue weighted by atomic mass is 32.1. The topological polar surface area (TPSA) is 68.3 Å². The van der Waals surface area contributed by atoms with Gasteiger partial charge in [0.25, 0.3) is 5.91 Å². The lowest BCUT2D eigenvalue weighted by Crippen LogP contribution is -2.42. The Labute approximate surface area is 164 Å². The van der Waals surface area contributed by atoms with Gasteiger partial charge in [0, 0.05) is 17.0 Å². The summed E-state index contributed by atoms with van der Waals surface area (Å²) in [5, 5.41) is 5.73. The lowest BCUT2D eigenvalue weighted by Gasteiger charge is -2.29. The summed E-state index contributed by atoms with van der Waals surface area (Å²) in [6, 6.07) is 8.29. The van der Waals surface area contributed by atoms with Crippen molar-refractivity contribution in [2.24, 2.45) is 5.92 Å². The van der Waals surface area contributed by atoms with Gasteiger partial charge in [0.05, 0.1) is 12.1 Å². The van der Waals surface area contributed by atoms with Crippen LogP contribution in [0, 0.1) is 12.8 Å². The van der Waals surface area contributed by atoms with Gasteiger partial charge in [0.2, 0.25) is 0 Å². The Morgan fingerprint density at radius 1 is 1.30 bits per heavy atom. The molecule has 3 rings (SSSR count). The molecule has 2 atom stereocenters. The van der Waals surface area contributed by atoms with Gasteiger partial charge in [-0.05, 0) is 31.7 Å². The SMILES string of the molecule is Cc1cccc(-c2nc(CC(=O)OCC(=O)N[C@@H]3CCCC[C@@H]3C)cs2)c1. The smallest absolute Gasteiger partial charge is 0.312 e. The third kappa shape index (κ3) is 5.63. The van der Waals surface area contributed by atoms with Gasteiger partial charge in [-0.25, -0.2) is 4.98 Å². The summed E-state index contributed by atoms with van der Waals surface area (Å²) in [4.78, 5) is 28.6. The third-order valence-electron chi connectivity index (χ3n) is 4.96. The zero-order valence-corrected chi connectivity index (χ0v) is 16.7. The first-order valence-electron chi connectivity index (χ1n) is 9.47. The Bertz CT molecular complexity index is 802. The molecule has 144 valence electrons. The molecule has 27 heavy (non-hydrogen) atoms. The fourth-order valence-corrected chi connectivity index (χ4v) is 4.24. The summed E-state index contributed by atoms with van der Waals surface area (Å²) in [7, 11) is 0. The molecule has 1 fully saturated rings. The van der Waals surface area contributed by atoms with Gasteiger partial charge in [-0.1, -0.05) is 43.5 Å². The van der Waals surface area contributed by atoms with E-state index in [0.717, 1.165) is 29.8 Å². The maximum Gasteiger partial charge on any atom is 0.312 e. The van der Waals surface area contributed by atoms with Gasteiger partial charge in [0.15, 0.2) is 6.61 Å². The number of rotatable bonds is 6. The summed E-state index contributed by atoms with van der Waals surface area (Å²) in [5.41, 5.74) is 2.88. The first-order valence-corrected chi connectivity index (χ1v) is 10.4. The average molecular weight is 387 g/mol. The molecule has 1 heterocycles. The van der Waals surface area contributed by atoms with Gasteiger partial charge >= 0.3 is 5.97 Å². The molecule has 0 bridgehead atoms. The maximum absolute atomic E-state index is 12.0. The maximum atomic E-state index is 12.0. The van der Waals surface area contributed by atoms with E-state index in [9.17, 15) is 9.59 Å². The number of benzene rings is 1. The number of esters is 1. The number of carbonyl (C=O) groups is 2. The Morgan fingerprint density at radius 2 is 2.11 bits per heavy atom. The Morgan fingerprint density at radius 3 is 2.89 bits per heavy atom. The van der Waals surface area contributed by atoms with Crippen molar-refractivity contribution in [3.63, 3.8) is 0 Å². The van der Waals surface area contributed by atoms with Crippen LogP contribution in [0.4, 0.5) is 0 Å². The molecule has 1 aromatic carbocycles. The number of hydrogen-bond acceptors (Lipinski definition) is 5. The Kier molecular flexibility index (Phi) is 6.61. The van der Waals surface area contributed by atoms with Gasteiger partial charge in [-0.3, -0.25) is 9.59 Å². The van der Waals surface area contributed by atoms with Crippen molar-refractivity contribution in [1.29, 1.82) is 0 Å². The zero-order chi connectivity index (χ0) is 19.2. The molecule has 0 unspecified atom stereocenters. The van der Waals surface area contributed by atoms with Crippen molar-refractivity contribution in [2.45, 2.75) is 52.0 Å². The summed E-state index contributed by atoms with van der Waals surface area (Å²) in [6.07, 6.45) is 4.58. The number of amides is 1. The van der Waals surface area contributed by atoms with Crippen LogP contribution in [0.25, 0.3) is 10.6 Å². The van der Waals surface area contributed by atoms with E-state index >= 15 is 0 Å². The fraction of sp³-hybridized carbons (Fsp3) is 0.476. The van der Waals surface area contributed by atoms with Crippen molar-refractivity contribution in [3.8, 4) is 10.6 Å². The molecule has 2 aromatic rings. The Hall–Kier alpha value is -2.21. The second-order valence-corrected chi connectivity index (χ2v) is 8.14.